The molecule has 0 atom stereocenters. The first kappa shape index (κ1) is 25.0. The number of carbonyl (C=O) groups is 2. The summed E-state index contributed by atoms with van der Waals surface area (Å²) in [6.07, 6.45) is 2.91. The molecule has 0 unspecified atom stereocenters. The standard InChI is InChI=1S/C26H25N5O4S2/c1-2-35-25(34)29-14-12-28(13-15-29)22-19(23(32)30-11-7-6-10-21(30)27-22)16-20-24(33)31(26(36)37-20)17-18-8-4-3-5-9-18/h3-11,16H,2,12-15,17H2,1H3/b20-16+. The number of hydrogen-bond acceptors (Lipinski definition) is 8. The first-order valence-corrected chi connectivity index (χ1v) is 13.2. The van der Waals surface area contributed by atoms with Crippen molar-refractivity contribution in [1.82, 2.24) is 19.2 Å². The topological polar surface area (TPSA) is 87.5 Å². The summed E-state index contributed by atoms with van der Waals surface area (Å²) < 4.78 is 7.03. The van der Waals surface area contributed by atoms with Gasteiger partial charge >= 0.3 is 6.09 Å². The Morgan fingerprint density at radius 2 is 1.81 bits per heavy atom. The van der Waals surface area contributed by atoms with Gasteiger partial charge in [0, 0.05) is 32.4 Å². The van der Waals surface area contributed by atoms with Crippen molar-refractivity contribution in [1.29, 1.82) is 0 Å². The van der Waals surface area contributed by atoms with E-state index in [1.165, 1.54) is 16.2 Å². The van der Waals surface area contributed by atoms with Crippen molar-refractivity contribution in [2.75, 3.05) is 37.7 Å². The van der Waals surface area contributed by atoms with Crippen LogP contribution in [0.3, 0.4) is 0 Å². The lowest BCUT2D eigenvalue weighted by Gasteiger charge is -2.35. The summed E-state index contributed by atoms with van der Waals surface area (Å²) in [6.45, 7) is 4.28. The Hall–Kier alpha value is -3.70. The summed E-state index contributed by atoms with van der Waals surface area (Å²) in [5.74, 6) is 0.238. The van der Waals surface area contributed by atoms with Crippen LogP contribution in [0.5, 0.6) is 0 Å². The molecular formula is C26H25N5O4S2. The lowest BCUT2D eigenvalue weighted by Crippen LogP contribution is -2.49. The Bertz CT molecular complexity index is 1450. The Morgan fingerprint density at radius 1 is 1.08 bits per heavy atom. The van der Waals surface area contributed by atoms with E-state index in [-0.39, 0.29) is 17.6 Å². The molecule has 37 heavy (non-hydrogen) atoms. The average molecular weight is 536 g/mol. The van der Waals surface area contributed by atoms with Gasteiger partial charge in [0.15, 0.2) is 0 Å². The summed E-state index contributed by atoms with van der Waals surface area (Å²) in [5, 5.41) is 0. The molecule has 11 heteroatoms. The second-order valence-electron chi connectivity index (χ2n) is 8.51. The smallest absolute Gasteiger partial charge is 0.409 e. The van der Waals surface area contributed by atoms with Gasteiger partial charge in [-0.3, -0.25) is 18.9 Å². The SMILES string of the molecule is CCOC(=O)N1CCN(c2nc3ccccn3c(=O)c2/C=C2/SC(=S)N(Cc3ccccc3)C2=O)CC1. The molecule has 3 aromatic rings. The van der Waals surface area contributed by atoms with Crippen molar-refractivity contribution in [2.45, 2.75) is 13.5 Å². The zero-order valence-electron chi connectivity index (χ0n) is 20.2. The maximum absolute atomic E-state index is 13.6. The number of fused-ring (bicyclic) bond motifs is 1. The zero-order chi connectivity index (χ0) is 25.9. The molecule has 2 amide bonds. The molecule has 0 aliphatic carbocycles. The summed E-state index contributed by atoms with van der Waals surface area (Å²) in [4.78, 5) is 49.4. The number of carbonyl (C=O) groups excluding carboxylic acids is 2. The molecule has 4 heterocycles. The highest BCUT2D eigenvalue weighted by atomic mass is 32.2. The lowest BCUT2D eigenvalue weighted by atomic mass is 10.2. The van der Waals surface area contributed by atoms with Crippen molar-refractivity contribution in [3.05, 3.63) is 81.1 Å². The minimum absolute atomic E-state index is 0.241. The third kappa shape index (κ3) is 5.09. The average Bonchev–Trinajstić information content (AvgIpc) is 3.18. The Labute approximate surface area is 223 Å². The maximum Gasteiger partial charge on any atom is 0.409 e. The number of anilines is 1. The highest BCUT2D eigenvalue weighted by molar-refractivity contribution is 8.26. The van der Waals surface area contributed by atoms with E-state index in [1.807, 2.05) is 41.3 Å². The highest BCUT2D eigenvalue weighted by Crippen LogP contribution is 2.34. The number of aromatic nitrogens is 2. The molecule has 2 aliphatic heterocycles. The molecule has 9 nitrogen and oxygen atoms in total. The van der Waals surface area contributed by atoms with Crippen molar-refractivity contribution in [2.24, 2.45) is 0 Å². The van der Waals surface area contributed by atoms with E-state index in [2.05, 4.69) is 0 Å². The van der Waals surface area contributed by atoms with E-state index < -0.39 is 0 Å². The number of ether oxygens (including phenoxy) is 1. The summed E-state index contributed by atoms with van der Waals surface area (Å²) in [5.41, 5.74) is 1.51. The number of rotatable bonds is 5. The van der Waals surface area contributed by atoms with E-state index in [9.17, 15) is 14.4 Å². The molecule has 5 rings (SSSR count). The molecule has 2 fully saturated rings. The Kier molecular flexibility index (Phi) is 7.24. The van der Waals surface area contributed by atoms with Gasteiger partial charge in [-0.15, -0.1) is 0 Å². The molecule has 190 valence electrons. The predicted octanol–water partition coefficient (Wildman–Crippen LogP) is 3.37. The molecule has 2 saturated heterocycles. The van der Waals surface area contributed by atoms with Crippen LogP contribution in [0, 0.1) is 0 Å². The number of thiocarbonyl (C=S) groups is 1. The minimum atomic E-state index is -0.351. The van der Waals surface area contributed by atoms with Gasteiger partial charge in [-0.05, 0) is 30.7 Å². The van der Waals surface area contributed by atoms with Crippen LogP contribution in [0.4, 0.5) is 10.6 Å². The van der Waals surface area contributed by atoms with Crippen LogP contribution in [0.25, 0.3) is 11.7 Å². The summed E-state index contributed by atoms with van der Waals surface area (Å²) in [7, 11) is 0. The maximum atomic E-state index is 13.6. The van der Waals surface area contributed by atoms with Crippen molar-refractivity contribution in [3.63, 3.8) is 0 Å². The fraction of sp³-hybridized carbons (Fsp3) is 0.269. The van der Waals surface area contributed by atoms with Crippen LogP contribution >= 0.6 is 24.0 Å². The number of nitrogens with zero attached hydrogens (tertiary/aromatic N) is 5. The van der Waals surface area contributed by atoms with Gasteiger partial charge in [-0.2, -0.15) is 0 Å². The third-order valence-corrected chi connectivity index (χ3v) is 7.56. The number of hydrogen-bond donors (Lipinski definition) is 0. The predicted molar refractivity (Wildman–Crippen MR) is 147 cm³/mol. The molecule has 0 spiro atoms. The largest absolute Gasteiger partial charge is 0.450 e. The second-order valence-corrected chi connectivity index (χ2v) is 10.2. The van der Waals surface area contributed by atoms with E-state index in [4.69, 9.17) is 21.9 Å². The molecule has 0 bridgehead atoms. The highest BCUT2D eigenvalue weighted by Gasteiger charge is 2.33. The van der Waals surface area contributed by atoms with Gasteiger partial charge in [-0.25, -0.2) is 9.78 Å². The van der Waals surface area contributed by atoms with Crippen molar-refractivity contribution in [3.8, 4) is 0 Å². The molecule has 0 radical (unpaired) electrons. The van der Waals surface area contributed by atoms with Crippen LogP contribution < -0.4 is 10.5 Å². The number of pyridine rings is 1. The van der Waals surface area contributed by atoms with Gasteiger partial charge in [0.1, 0.15) is 15.8 Å². The Morgan fingerprint density at radius 3 is 2.54 bits per heavy atom. The van der Waals surface area contributed by atoms with Crippen molar-refractivity contribution < 1.29 is 14.3 Å². The van der Waals surface area contributed by atoms with Gasteiger partial charge in [0.05, 0.1) is 23.6 Å². The quantitative estimate of drug-likeness (QED) is 0.363. The molecule has 2 aliphatic rings. The zero-order valence-corrected chi connectivity index (χ0v) is 21.8. The fourth-order valence-electron chi connectivity index (χ4n) is 4.31. The monoisotopic (exact) mass is 535 g/mol. The molecule has 1 aromatic carbocycles. The van der Waals surface area contributed by atoms with Gasteiger partial charge in [0.25, 0.3) is 11.5 Å². The number of piperazine rings is 1. The normalized spacial score (nSPS) is 17.2. The van der Waals surface area contributed by atoms with Crippen LogP contribution in [0.15, 0.2) is 64.4 Å². The van der Waals surface area contributed by atoms with E-state index >= 15 is 0 Å². The summed E-state index contributed by atoms with van der Waals surface area (Å²) in [6, 6.07) is 15.0. The fourth-order valence-corrected chi connectivity index (χ4v) is 5.54. The van der Waals surface area contributed by atoms with Gasteiger partial charge in [-0.1, -0.05) is 60.4 Å². The number of amides is 2. The number of thioether (sulfide) groups is 1. The first-order chi connectivity index (χ1) is 18.0. The van der Waals surface area contributed by atoms with Crippen molar-refractivity contribution >= 4 is 57.8 Å². The van der Waals surface area contributed by atoms with Crippen LogP contribution in [0.1, 0.15) is 18.1 Å². The molecular weight excluding hydrogens is 510 g/mol. The molecule has 2 aromatic heterocycles. The lowest BCUT2D eigenvalue weighted by molar-refractivity contribution is -0.122. The van der Waals surface area contributed by atoms with E-state index in [0.717, 1.165) is 5.56 Å². The van der Waals surface area contributed by atoms with Gasteiger partial charge in [0.2, 0.25) is 0 Å². The second kappa shape index (κ2) is 10.7. The molecule has 0 N–H and O–H groups in total. The Balaban J connectivity index is 1.49. The minimum Gasteiger partial charge on any atom is -0.450 e. The van der Waals surface area contributed by atoms with Crippen LogP contribution in [-0.2, 0) is 16.1 Å². The third-order valence-electron chi connectivity index (χ3n) is 6.19. The van der Waals surface area contributed by atoms with Crippen LogP contribution in [0.2, 0.25) is 0 Å². The first-order valence-electron chi connectivity index (χ1n) is 11.9. The van der Waals surface area contributed by atoms with E-state index in [1.54, 1.807) is 41.1 Å². The summed E-state index contributed by atoms with van der Waals surface area (Å²) >= 11 is 6.69. The van der Waals surface area contributed by atoms with E-state index in [0.29, 0.717) is 65.6 Å². The van der Waals surface area contributed by atoms with Gasteiger partial charge < -0.3 is 14.5 Å². The number of benzene rings is 1. The molecule has 0 saturated carbocycles. The van der Waals surface area contributed by atoms with Crippen LogP contribution in [-0.4, -0.2) is 68.3 Å².